The third-order valence-corrected chi connectivity index (χ3v) is 7.36. The number of nitrogens with zero attached hydrogens (tertiary/aromatic N) is 1. The molecule has 12 heteroatoms. The van der Waals surface area contributed by atoms with Crippen LogP contribution in [-0.2, 0) is 14.4 Å². The number of phenols is 1. The van der Waals surface area contributed by atoms with Crippen molar-refractivity contribution in [3.63, 3.8) is 0 Å². The smallest absolute Gasteiger partial charge is 0.339 e. The summed E-state index contributed by atoms with van der Waals surface area (Å²) in [6.07, 6.45) is -1.72. The lowest BCUT2D eigenvalue weighted by Crippen LogP contribution is -2.70. The van der Waals surface area contributed by atoms with Gasteiger partial charge in [0.15, 0.2) is 11.4 Å². The fourth-order valence-electron chi connectivity index (χ4n) is 5.79. The van der Waals surface area contributed by atoms with E-state index in [1.165, 1.54) is 25.1 Å². The maximum absolute atomic E-state index is 13.8. The van der Waals surface area contributed by atoms with Gasteiger partial charge in [-0.3, -0.25) is 19.3 Å². The predicted octanol–water partition coefficient (Wildman–Crippen LogP) is -0.806. The average molecular weight is 488 g/mol. The van der Waals surface area contributed by atoms with E-state index in [4.69, 9.17) is 5.73 Å². The van der Waals surface area contributed by atoms with Gasteiger partial charge >= 0.3 is 5.97 Å². The van der Waals surface area contributed by atoms with E-state index in [-0.39, 0.29) is 11.1 Å². The Hall–Kier alpha value is -3.74. The lowest BCUT2D eigenvalue weighted by molar-refractivity contribution is -0.169. The van der Waals surface area contributed by atoms with E-state index in [0.717, 1.165) is 6.07 Å². The van der Waals surface area contributed by atoms with Gasteiger partial charge in [0.25, 0.3) is 5.91 Å². The monoisotopic (exact) mass is 488 g/mol. The van der Waals surface area contributed by atoms with Gasteiger partial charge in [-0.2, -0.15) is 0 Å². The summed E-state index contributed by atoms with van der Waals surface area (Å²) in [6.45, 7) is 1.55. The third-order valence-electron chi connectivity index (χ3n) is 7.36. The summed E-state index contributed by atoms with van der Waals surface area (Å²) in [6, 6.07) is 0.989. The fourth-order valence-corrected chi connectivity index (χ4v) is 5.79. The van der Waals surface area contributed by atoms with Crippen LogP contribution in [0.5, 0.6) is 5.75 Å². The van der Waals surface area contributed by atoms with Crippen molar-refractivity contribution < 1.29 is 49.8 Å². The van der Waals surface area contributed by atoms with E-state index < -0.39 is 92.9 Å². The Labute approximate surface area is 198 Å². The number of aromatic hydroxyl groups is 1. The summed E-state index contributed by atoms with van der Waals surface area (Å²) in [5, 5.41) is 64.7. The normalized spacial score (nSPS) is 32.3. The number of ketones is 2. The zero-order valence-corrected chi connectivity index (χ0v) is 18.9. The lowest BCUT2D eigenvalue weighted by Gasteiger charge is -2.53. The Bertz CT molecular complexity index is 1280. The number of Topliss-reactive ketones (excluding diaryl/α,β-unsaturated/α-hetero) is 2. The van der Waals surface area contributed by atoms with Crippen molar-refractivity contribution in [2.24, 2.45) is 17.6 Å². The number of amides is 1. The topological polar surface area (TPSA) is 219 Å². The summed E-state index contributed by atoms with van der Waals surface area (Å²) in [4.78, 5) is 51.6. The molecule has 1 saturated carbocycles. The number of aromatic carboxylic acids is 1. The van der Waals surface area contributed by atoms with Crippen LogP contribution in [0.25, 0.3) is 5.76 Å². The van der Waals surface area contributed by atoms with Gasteiger partial charge in [0.05, 0.1) is 23.6 Å². The van der Waals surface area contributed by atoms with E-state index >= 15 is 0 Å². The molecule has 4 rings (SSSR count). The van der Waals surface area contributed by atoms with Crippen molar-refractivity contribution in [1.29, 1.82) is 0 Å². The number of nitrogens with two attached hydrogens (primary N) is 1. The second-order valence-electron chi connectivity index (χ2n) is 9.28. The number of hydrogen-bond donors (Lipinski definition) is 7. The second-order valence-corrected chi connectivity index (χ2v) is 9.28. The molecule has 186 valence electrons. The van der Waals surface area contributed by atoms with E-state index in [0.29, 0.717) is 0 Å². The molecule has 0 heterocycles. The van der Waals surface area contributed by atoms with Crippen LogP contribution in [0, 0.1) is 11.8 Å². The summed E-state index contributed by atoms with van der Waals surface area (Å²) in [5.41, 5.74) is -0.0870. The van der Waals surface area contributed by atoms with Gasteiger partial charge in [-0.05, 0) is 31.6 Å². The molecule has 1 amide bonds. The Kier molecular flexibility index (Phi) is 5.32. The van der Waals surface area contributed by atoms with E-state index in [1.807, 2.05) is 0 Å². The number of carboxylic acid groups (broad SMARTS) is 1. The van der Waals surface area contributed by atoms with Crippen molar-refractivity contribution in [2.45, 2.75) is 30.6 Å². The van der Waals surface area contributed by atoms with E-state index in [2.05, 4.69) is 0 Å². The number of benzene rings is 1. The third kappa shape index (κ3) is 2.90. The molecule has 3 aliphatic carbocycles. The molecule has 1 aromatic rings. The Morgan fingerprint density at radius 2 is 1.71 bits per heavy atom. The highest BCUT2D eigenvalue weighted by Gasteiger charge is 2.68. The van der Waals surface area contributed by atoms with Gasteiger partial charge < -0.3 is 36.4 Å². The maximum Gasteiger partial charge on any atom is 0.339 e. The predicted molar refractivity (Wildman–Crippen MR) is 117 cm³/mol. The van der Waals surface area contributed by atoms with Crippen LogP contribution >= 0.6 is 0 Å². The Morgan fingerprint density at radius 1 is 1.11 bits per heavy atom. The minimum atomic E-state index is -3.02. The minimum absolute atomic E-state index is 0.220. The first-order valence-electron chi connectivity index (χ1n) is 10.6. The summed E-state index contributed by atoms with van der Waals surface area (Å²) >= 11 is 0. The number of hydrogen-bond acceptors (Lipinski definition) is 10. The highest BCUT2D eigenvalue weighted by atomic mass is 16.4. The molecule has 6 atom stereocenters. The first-order chi connectivity index (χ1) is 16.2. The lowest BCUT2D eigenvalue weighted by atomic mass is 9.54. The number of carbonyl (C=O) groups excluding carboxylic acids is 3. The number of aliphatic hydroxyl groups is 4. The van der Waals surface area contributed by atoms with Gasteiger partial charge in [0.2, 0.25) is 5.78 Å². The molecule has 1 fully saturated rings. The molecule has 0 aliphatic heterocycles. The van der Waals surface area contributed by atoms with Crippen LogP contribution in [0.2, 0.25) is 0 Å². The largest absolute Gasteiger partial charge is 0.508 e. The molecule has 8 N–H and O–H groups in total. The highest BCUT2D eigenvalue weighted by Crippen LogP contribution is 2.56. The molecule has 0 spiro atoms. The SMILES string of the molecule is C[C@H]1c2ccc(C(=O)O)c(O)c2C(O)=C2C(=O)[C@]3(O)C(O)=C(C(N)=O)C(=O)[C@@H](N(C)C)C3[C@@H](O)C21. The van der Waals surface area contributed by atoms with Crippen LogP contribution in [0.4, 0.5) is 0 Å². The summed E-state index contributed by atoms with van der Waals surface area (Å²) < 4.78 is 0. The van der Waals surface area contributed by atoms with Gasteiger partial charge in [-0.1, -0.05) is 13.0 Å². The second kappa shape index (κ2) is 7.63. The van der Waals surface area contributed by atoms with Crippen molar-refractivity contribution in [3.8, 4) is 5.75 Å². The maximum atomic E-state index is 13.8. The number of aliphatic hydroxyl groups excluding tert-OH is 3. The van der Waals surface area contributed by atoms with Gasteiger partial charge in [0, 0.05) is 11.5 Å². The molecule has 12 nitrogen and oxygen atoms in total. The molecule has 3 aliphatic rings. The number of primary amides is 1. The van der Waals surface area contributed by atoms with Crippen molar-refractivity contribution >= 4 is 29.2 Å². The minimum Gasteiger partial charge on any atom is -0.508 e. The van der Waals surface area contributed by atoms with Crippen molar-refractivity contribution in [2.75, 3.05) is 14.1 Å². The van der Waals surface area contributed by atoms with Gasteiger partial charge in [-0.25, -0.2) is 4.79 Å². The molecule has 0 saturated heterocycles. The number of carboxylic acids is 1. The van der Waals surface area contributed by atoms with Crippen LogP contribution in [0.1, 0.15) is 34.3 Å². The van der Waals surface area contributed by atoms with Crippen LogP contribution in [-0.4, -0.2) is 90.8 Å². The Balaban J connectivity index is 2.07. The molecular weight excluding hydrogens is 464 g/mol. The molecule has 0 radical (unpaired) electrons. The standard InChI is InChI=1S/C23H24N2O10/c1-6-7-4-5-8(22(33)34)15(26)10(7)16(27)11-9(6)17(28)13-14(25(2)3)18(29)12(21(24)32)20(31)23(13,35)19(11)30/h4-6,9,13-14,17,26-28,31,35H,1-3H3,(H2,24,32)(H,33,34)/t6-,9?,13?,14-,17-,23-/m0/s1. The number of carbonyl (C=O) groups is 4. The first-order valence-corrected chi connectivity index (χ1v) is 10.6. The number of fused-ring (bicyclic) bond motifs is 3. The first kappa shape index (κ1) is 24.4. The van der Waals surface area contributed by atoms with Crippen LogP contribution in [0.15, 0.2) is 29.0 Å². The zero-order chi connectivity index (χ0) is 26.3. The van der Waals surface area contributed by atoms with Crippen LogP contribution in [0.3, 0.4) is 0 Å². The quantitative estimate of drug-likeness (QED) is 0.261. The van der Waals surface area contributed by atoms with E-state index in [1.54, 1.807) is 6.92 Å². The molecular formula is C23H24N2O10. The Morgan fingerprint density at radius 3 is 2.23 bits per heavy atom. The fraction of sp³-hybridized carbons (Fsp3) is 0.391. The number of rotatable bonds is 3. The summed E-state index contributed by atoms with van der Waals surface area (Å²) in [7, 11) is 2.82. The average Bonchev–Trinajstić information content (AvgIpc) is 2.75. The van der Waals surface area contributed by atoms with Gasteiger partial charge in [0.1, 0.15) is 28.4 Å². The molecule has 0 aromatic heterocycles. The summed E-state index contributed by atoms with van der Waals surface area (Å²) in [5.74, 6) is -12.0. The van der Waals surface area contributed by atoms with Crippen molar-refractivity contribution in [3.05, 3.63) is 45.7 Å². The van der Waals surface area contributed by atoms with E-state index in [9.17, 15) is 49.8 Å². The molecule has 1 aromatic carbocycles. The zero-order valence-electron chi connectivity index (χ0n) is 18.9. The highest BCUT2D eigenvalue weighted by molar-refractivity contribution is 6.24. The van der Waals surface area contributed by atoms with Gasteiger partial charge in [-0.15, -0.1) is 0 Å². The molecule has 0 bridgehead atoms. The van der Waals surface area contributed by atoms with Crippen molar-refractivity contribution in [1.82, 2.24) is 4.90 Å². The number of likely N-dealkylation sites (N-methyl/N-ethyl adjacent to an activating group) is 1. The van der Waals surface area contributed by atoms with Crippen LogP contribution < -0.4 is 5.73 Å². The molecule has 2 unspecified atom stereocenters. The molecule has 35 heavy (non-hydrogen) atoms.